The minimum Gasteiger partial charge on any atom is -0.385 e. The summed E-state index contributed by atoms with van der Waals surface area (Å²) < 4.78 is 13.2. The maximum Gasteiger partial charge on any atom is 0.126 e. The van der Waals surface area contributed by atoms with Crippen molar-refractivity contribution in [3.63, 3.8) is 0 Å². The third-order valence-corrected chi connectivity index (χ3v) is 3.62. The highest BCUT2D eigenvalue weighted by Gasteiger charge is 2.13. The number of anilines is 1. The van der Waals surface area contributed by atoms with Crippen molar-refractivity contribution in [2.24, 2.45) is 5.92 Å². The zero-order chi connectivity index (χ0) is 12.8. The molecule has 1 saturated carbocycles. The van der Waals surface area contributed by atoms with Gasteiger partial charge in [0.05, 0.1) is 11.6 Å². The zero-order valence-electron chi connectivity index (χ0n) is 10.6. The van der Waals surface area contributed by atoms with E-state index in [9.17, 15) is 4.39 Å². The molecule has 1 fully saturated rings. The third kappa shape index (κ3) is 3.73. The van der Waals surface area contributed by atoms with E-state index in [-0.39, 0.29) is 5.82 Å². The van der Waals surface area contributed by atoms with Gasteiger partial charge in [-0.15, -0.1) is 0 Å². The topological polar surface area (TPSA) is 35.8 Å². The monoisotopic (exact) mass is 246 g/mol. The second-order valence-corrected chi connectivity index (χ2v) is 5.06. The van der Waals surface area contributed by atoms with E-state index < -0.39 is 0 Å². The quantitative estimate of drug-likeness (QED) is 0.795. The fourth-order valence-corrected chi connectivity index (χ4v) is 2.68. The van der Waals surface area contributed by atoms with Gasteiger partial charge in [0.1, 0.15) is 5.82 Å². The molecule has 1 aromatic carbocycles. The Balaban J connectivity index is 1.75. The molecule has 0 heterocycles. The Hall–Kier alpha value is -1.56. The van der Waals surface area contributed by atoms with Crippen molar-refractivity contribution in [2.45, 2.75) is 38.5 Å². The Morgan fingerprint density at radius 3 is 2.78 bits per heavy atom. The first-order chi connectivity index (χ1) is 8.78. The Labute approximate surface area is 108 Å². The second-order valence-electron chi connectivity index (χ2n) is 5.06. The lowest BCUT2D eigenvalue weighted by atomic mass is 10.0. The van der Waals surface area contributed by atoms with Crippen LogP contribution < -0.4 is 5.32 Å². The number of hydrogen-bond donors (Lipinski definition) is 1. The van der Waals surface area contributed by atoms with Gasteiger partial charge in [-0.3, -0.25) is 0 Å². The summed E-state index contributed by atoms with van der Waals surface area (Å²) in [5.74, 6) is 0.543. The van der Waals surface area contributed by atoms with Gasteiger partial charge in [0.2, 0.25) is 0 Å². The van der Waals surface area contributed by atoms with Crippen LogP contribution >= 0.6 is 0 Å². The van der Waals surface area contributed by atoms with Gasteiger partial charge in [0, 0.05) is 12.2 Å². The predicted octanol–water partition coefficient (Wildman–Crippen LogP) is 4.08. The zero-order valence-corrected chi connectivity index (χ0v) is 10.6. The average Bonchev–Trinajstić information content (AvgIpc) is 2.87. The van der Waals surface area contributed by atoms with Crippen molar-refractivity contribution >= 4 is 5.69 Å². The van der Waals surface area contributed by atoms with Gasteiger partial charge in [-0.2, -0.15) is 5.26 Å². The number of benzene rings is 1. The molecule has 0 atom stereocenters. The molecule has 0 radical (unpaired) electrons. The van der Waals surface area contributed by atoms with E-state index in [2.05, 4.69) is 5.32 Å². The van der Waals surface area contributed by atoms with Crippen LogP contribution in [0.3, 0.4) is 0 Å². The molecule has 1 aliphatic carbocycles. The van der Waals surface area contributed by atoms with Crippen molar-refractivity contribution in [3.05, 3.63) is 29.6 Å². The van der Waals surface area contributed by atoms with Crippen molar-refractivity contribution in [2.75, 3.05) is 11.9 Å². The van der Waals surface area contributed by atoms with Crippen LogP contribution in [0, 0.1) is 23.1 Å². The Morgan fingerprint density at radius 1 is 1.28 bits per heavy atom. The van der Waals surface area contributed by atoms with Crippen molar-refractivity contribution in [1.82, 2.24) is 0 Å². The van der Waals surface area contributed by atoms with E-state index >= 15 is 0 Å². The van der Waals surface area contributed by atoms with Crippen molar-refractivity contribution in [1.29, 1.82) is 5.26 Å². The van der Waals surface area contributed by atoms with Gasteiger partial charge >= 0.3 is 0 Å². The van der Waals surface area contributed by atoms with E-state index in [1.807, 2.05) is 6.07 Å². The first-order valence-corrected chi connectivity index (χ1v) is 6.72. The molecular weight excluding hydrogens is 227 g/mol. The maximum absolute atomic E-state index is 13.2. The second kappa shape index (κ2) is 6.39. The molecule has 2 nitrogen and oxygen atoms in total. The normalized spacial score (nSPS) is 15.6. The Kier molecular flexibility index (Phi) is 4.58. The third-order valence-electron chi connectivity index (χ3n) is 3.62. The molecule has 0 unspecified atom stereocenters. The van der Waals surface area contributed by atoms with Crippen LogP contribution in [0.1, 0.15) is 44.1 Å². The summed E-state index contributed by atoms with van der Waals surface area (Å²) in [6, 6.07) is 6.35. The van der Waals surface area contributed by atoms with Gasteiger partial charge in [-0.25, -0.2) is 4.39 Å². The highest BCUT2D eigenvalue weighted by molar-refractivity contribution is 5.49. The summed E-state index contributed by atoms with van der Waals surface area (Å²) in [5.41, 5.74) is 1.08. The highest BCUT2D eigenvalue weighted by atomic mass is 19.1. The number of halogens is 1. The van der Waals surface area contributed by atoms with E-state index in [1.165, 1.54) is 44.2 Å². The maximum atomic E-state index is 13.2. The minimum atomic E-state index is -0.354. The fraction of sp³-hybridized carbons (Fsp3) is 0.533. The van der Waals surface area contributed by atoms with Gasteiger partial charge in [0.15, 0.2) is 0 Å². The van der Waals surface area contributed by atoms with Crippen LogP contribution in [0.15, 0.2) is 18.2 Å². The molecule has 1 N–H and O–H groups in total. The number of hydrogen-bond acceptors (Lipinski definition) is 2. The fourth-order valence-electron chi connectivity index (χ4n) is 2.68. The molecule has 18 heavy (non-hydrogen) atoms. The van der Waals surface area contributed by atoms with Gasteiger partial charge in [0.25, 0.3) is 0 Å². The van der Waals surface area contributed by atoms with Crippen LogP contribution in [-0.4, -0.2) is 6.54 Å². The Morgan fingerprint density at radius 2 is 2.06 bits per heavy atom. The molecule has 1 aliphatic rings. The lowest BCUT2D eigenvalue weighted by molar-refractivity contribution is 0.491. The summed E-state index contributed by atoms with van der Waals surface area (Å²) in [5, 5.41) is 12.0. The van der Waals surface area contributed by atoms with Crippen LogP contribution in [0.25, 0.3) is 0 Å². The first kappa shape index (κ1) is 12.9. The molecule has 0 spiro atoms. The highest BCUT2D eigenvalue weighted by Crippen LogP contribution is 2.28. The number of nitriles is 1. The van der Waals surface area contributed by atoms with Crippen LogP contribution in [0.4, 0.5) is 10.1 Å². The largest absolute Gasteiger partial charge is 0.385 e. The number of nitrogens with zero attached hydrogens (tertiary/aromatic N) is 1. The number of rotatable bonds is 5. The summed E-state index contributed by atoms with van der Waals surface area (Å²) in [6.45, 7) is 0.852. The molecule has 0 aromatic heterocycles. The number of nitrogens with one attached hydrogen (secondary N) is 1. The van der Waals surface area contributed by atoms with E-state index in [0.717, 1.165) is 18.9 Å². The summed E-state index contributed by atoms with van der Waals surface area (Å²) in [7, 11) is 0. The minimum absolute atomic E-state index is 0.354. The molecule has 1 aromatic rings. The molecule has 0 amide bonds. The molecular formula is C15H19FN2. The van der Waals surface area contributed by atoms with Crippen molar-refractivity contribution < 1.29 is 4.39 Å². The van der Waals surface area contributed by atoms with E-state index in [4.69, 9.17) is 5.26 Å². The smallest absolute Gasteiger partial charge is 0.126 e. The van der Waals surface area contributed by atoms with Crippen LogP contribution in [0.2, 0.25) is 0 Å². The summed E-state index contributed by atoms with van der Waals surface area (Å²) >= 11 is 0. The van der Waals surface area contributed by atoms with Crippen LogP contribution in [0.5, 0.6) is 0 Å². The molecule has 96 valence electrons. The van der Waals surface area contributed by atoms with Crippen molar-refractivity contribution in [3.8, 4) is 6.07 Å². The molecule has 2 rings (SSSR count). The Bertz CT molecular complexity index is 431. The SMILES string of the molecule is N#Cc1cc(F)cc(NCCCC2CCCC2)c1. The molecule has 3 heteroatoms. The van der Waals surface area contributed by atoms with Crippen LogP contribution in [-0.2, 0) is 0 Å². The lowest BCUT2D eigenvalue weighted by Crippen LogP contribution is -2.04. The predicted molar refractivity (Wildman–Crippen MR) is 70.8 cm³/mol. The van der Waals surface area contributed by atoms with Gasteiger partial charge < -0.3 is 5.32 Å². The average molecular weight is 246 g/mol. The molecule has 0 aliphatic heterocycles. The molecule has 0 saturated heterocycles. The van der Waals surface area contributed by atoms with E-state index in [1.54, 1.807) is 6.07 Å². The summed E-state index contributed by atoms with van der Waals surface area (Å²) in [4.78, 5) is 0. The van der Waals surface area contributed by atoms with Gasteiger partial charge in [-0.05, 0) is 37.0 Å². The standard InChI is InChI=1S/C15H19FN2/c16-14-8-13(11-17)9-15(10-14)18-7-3-6-12-4-1-2-5-12/h8-10,12,18H,1-7H2. The van der Waals surface area contributed by atoms with Gasteiger partial charge in [-0.1, -0.05) is 25.7 Å². The van der Waals surface area contributed by atoms with E-state index in [0.29, 0.717) is 11.3 Å². The molecule has 0 bridgehead atoms. The first-order valence-electron chi connectivity index (χ1n) is 6.72. The summed E-state index contributed by atoms with van der Waals surface area (Å²) in [6.07, 6.45) is 7.88. The lowest BCUT2D eigenvalue weighted by Gasteiger charge is -2.10.